The summed E-state index contributed by atoms with van der Waals surface area (Å²) in [4.78, 5) is 2.11. The van der Waals surface area contributed by atoms with Crippen molar-refractivity contribution in [3.63, 3.8) is 0 Å². The van der Waals surface area contributed by atoms with Gasteiger partial charge in [-0.25, -0.2) is 13.1 Å². The van der Waals surface area contributed by atoms with Crippen LogP contribution in [0.1, 0.15) is 0 Å². The molecule has 1 N–H and O–H groups in total. The predicted octanol–water partition coefficient (Wildman–Crippen LogP) is 1.95. The molecule has 1 fully saturated rings. The number of nitrogens with zero attached hydrogens (tertiary/aromatic N) is 5. The number of ether oxygens (including phenoxy) is 1. The van der Waals surface area contributed by atoms with Crippen LogP contribution in [0, 0.1) is 0 Å². The van der Waals surface area contributed by atoms with Crippen LogP contribution in [0.3, 0.4) is 0 Å². The van der Waals surface area contributed by atoms with Crippen molar-refractivity contribution in [1.29, 1.82) is 0 Å². The Balaban J connectivity index is 1.67. The number of benzene rings is 2. The molecule has 1 saturated heterocycles. The number of rotatable bonds is 5. The van der Waals surface area contributed by atoms with Crippen molar-refractivity contribution < 1.29 is 13.2 Å². The molecule has 0 unspecified atom stereocenters. The van der Waals surface area contributed by atoms with E-state index in [0.29, 0.717) is 48.4 Å². The SMILES string of the molecule is O=S(=O)(Nc1cccc(Cl)c1N1CCOCC1)c1cccc(-n2cnnn2)c1. The fourth-order valence-electron chi connectivity index (χ4n) is 2.98. The van der Waals surface area contributed by atoms with Crippen LogP contribution in [-0.2, 0) is 14.8 Å². The van der Waals surface area contributed by atoms with E-state index >= 15 is 0 Å². The summed E-state index contributed by atoms with van der Waals surface area (Å²) < 4.78 is 35.4. The molecule has 0 bridgehead atoms. The molecule has 2 aromatic carbocycles. The highest BCUT2D eigenvalue weighted by molar-refractivity contribution is 7.92. The molecule has 0 amide bonds. The molecule has 1 aliphatic rings. The number of para-hydroxylation sites is 1. The molecule has 1 aliphatic heterocycles. The second-order valence-corrected chi connectivity index (χ2v) is 8.18. The number of sulfonamides is 1. The van der Waals surface area contributed by atoms with Gasteiger partial charge in [-0.15, -0.1) is 5.10 Å². The van der Waals surface area contributed by atoms with Crippen molar-refractivity contribution >= 4 is 33.0 Å². The number of nitrogens with one attached hydrogen (secondary N) is 1. The Bertz CT molecular complexity index is 1070. The zero-order chi connectivity index (χ0) is 19.6. The summed E-state index contributed by atoms with van der Waals surface area (Å²) in [5, 5.41) is 11.4. The van der Waals surface area contributed by atoms with Gasteiger partial charge >= 0.3 is 0 Å². The van der Waals surface area contributed by atoms with Crippen LogP contribution in [0.4, 0.5) is 11.4 Å². The number of anilines is 2. The molecule has 0 spiro atoms. The molecule has 146 valence electrons. The van der Waals surface area contributed by atoms with Crippen molar-refractivity contribution in [2.75, 3.05) is 35.9 Å². The van der Waals surface area contributed by atoms with Crippen molar-refractivity contribution in [2.24, 2.45) is 0 Å². The zero-order valence-corrected chi connectivity index (χ0v) is 16.3. The number of hydrogen-bond donors (Lipinski definition) is 1. The van der Waals surface area contributed by atoms with Crippen LogP contribution in [0.2, 0.25) is 5.02 Å². The van der Waals surface area contributed by atoms with E-state index in [1.54, 1.807) is 30.3 Å². The van der Waals surface area contributed by atoms with E-state index in [-0.39, 0.29) is 4.90 Å². The summed E-state index contributed by atoms with van der Waals surface area (Å²) in [6, 6.07) is 11.5. The highest BCUT2D eigenvalue weighted by Crippen LogP contribution is 2.35. The maximum absolute atomic E-state index is 13.0. The molecular weight excluding hydrogens is 404 g/mol. The first-order valence-electron chi connectivity index (χ1n) is 8.52. The second-order valence-electron chi connectivity index (χ2n) is 6.09. The normalized spacial score (nSPS) is 14.8. The fraction of sp³-hybridized carbons (Fsp3) is 0.235. The lowest BCUT2D eigenvalue weighted by Crippen LogP contribution is -2.37. The summed E-state index contributed by atoms with van der Waals surface area (Å²) in [5.41, 5.74) is 1.60. The quantitative estimate of drug-likeness (QED) is 0.672. The smallest absolute Gasteiger partial charge is 0.262 e. The van der Waals surface area contributed by atoms with E-state index < -0.39 is 10.0 Å². The first-order valence-corrected chi connectivity index (χ1v) is 10.4. The summed E-state index contributed by atoms with van der Waals surface area (Å²) in [5.74, 6) is 0. The van der Waals surface area contributed by atoms with Gasteiger partial charge in [-0.3, -0.25) is 4.72 Å². The summed E-state index contributed by atoms with van der Waals surface area (Å²) in [6.07, 6.45) is 1.40. The number of halogens is 1. The Kier molecular flexibility index (Phi) is 5.16. The molecule has 28 heavy (non-hydrogen) atoms. The third kappa shape index (κ3) is 3.79. The van der Waals surface area contributed by atoms with E-state index in [0.717, 1.165) is 0 Å². The lowest BCUT2D eigenvalue weighted by Gasteiger charge is -2.31. The number of hydrogen-bond acceptors (Lipinski definition) is 7. The Morgan fingerprint density at radius 2 is 1.89 bits per heavy atom. The van der Waals surface area contributed by atoms with E-state index in [1.807, 2.05) is 4.90 Å². The van der Waals surface area contributed by atoms with Crippen LogP contribution < -0.4 is 9.62 Å². The Morgan fingerprint density at radius 1 is 1.11 bits per heavy atom. The van der Waals surface area contributed by atoms with Crippen molar-refractivity contribution in [1.82, 2.24) is 20.2 Å². The van der Waals surface area contributed by atoms with Crippen LogP contribution in [-0.4, -0.2) is 54.9 Å². The van der Waals surface area contributed by atoms with Gasteiger partial charge in [0.05, 0.1) is 40.2 Å². The third-order valence-electron chi connectivity index (χ3n) is 4.30. The number of tetrazole rings is 1. The second kappa shape index (κ2) is 7.74. The summed E-state index contributed by atoms with van der Waals surface area (Å²) in [6.45, 7) is 2.39. The van der Waals surface area contributed by atoms with E-state index in [4.69, 9.17) is 16.3 Å². The number of aromatic nitrogens is 4. The van der Waals surface area contributed by atoms with E-state index in [2.05, 4.69) is 20.2 Å². The van der Waals surface area contributed by atoms with Crippen LogP contribution in [0.5, 0.6) is 0 Å². The van der Waals surface area contributed by atoms with Gasteiger partial charge in [0.1, 0.15) is 6.33 Å². The molecule has 2 heterocycles. The highest BCUT2D eigenvalue weighted by atomic mass is 35.5. The maximum atomic E-state index is 13.0. The predicted molar refractivity (Wildman–Crippen MR) is 104 cm³/mol. The average Bonchev–Trinajstić information content (AvgIpc) is 3.24. The molecule has 0 aliphatic carbocycles. The van der Waals surface area contributed by atoms with Gasteiger partial charge < -0.3 is 9.64 Å². The maximum Gasteiger partial charge on any atom is 0.262 e. The molecule has 0 saturated carbocycles. The lowest BCUT2D eigenvalue weighted by atomic mass is 10.2. The summed E-state index contributed by atoms with van der Waals surface area (Å²) >= 11 is 6.39. The van der Waals surface area contributed by atoms with Gasteiger partial charge in [-0.1, -0.05) is 23.7 Å². The minimum Gasteiger partial charge on any atom is -0.378 e. The van der Waals surface area contributed by atoms with Crippen molar-refractivity contribution in [3.05, 3.63) is 53.8 Å². The van der Waals surface area contributed by atoms with Gasteiger partial charge in [-0.05, 0) is 40.8 Å². The van der Waals surface area contributed by atoms with E-state index in [1.165, 1.54) is 23.1 Å². The standard InChI is InChI=1S/C17H17ClN6O3S/c18-15-5-2-6-16(17(15)23-7-9-27-10-8-23)20-28(25,26)14-4-1-3-13(11-14)24-12-19-21-22-24/h1-6,11-12,20H,7-10H2. The average molecular weight is 421 g/mol. The van der Waals surface area contributed by atoms with E-state index in [9.17, 15) is 8.42 Å². The van der Waals surface area contributed by atoms with Gasteiger partial charge in [0.25, 0.3) is 10.0 Å². The Hall–Kier alpha value is -2.69. The molecular formula is C17H17ClN6O3S. The molecule has 1 aromatic heterocycles. The van der Waals surface area contributed by atoms with Gasteiger partial charge in [0, 0.05) is 13.1 Å². The van der Waals surface area contributed by atoms with Gasteiger partial charge in [0.2, 0.25) is 0 Å². The van der Waals surface area contributed by atoms with Gasteiger partial charge in [0.15, 0.2) is 0 Å². The third-order valence-corrected chi connectivity index (χ3v) is 5.97. The van der Waals surface area contributed by atoms with Crippen molar-refractivity contribution in [2.45, 2.75) is 4.90 Å². The molecule has 9 nitrogen and oxygen atoms in total. The van der Waals surface area contributed by atoms with Crippen molar-refractivity contribution in [3.8, 4) is 5.69 Å². The minimum absolute atomic E-state index is 0.0911. The first-order chi connectivity index (χ1) is 13.5. The topological polar surface area (TPSA) is 102 Å². The number of morpholine rings is 1. The molecule has 0 atom stereocenters. The summed E-state index contributed by atoms with van der Waals surface area (Å²) in [7, 11) is -3.85. The molecule has 11 heteroatoms. The first kappa shape index (κ1) is 18.7. The minimum atomic E-state index is -3.85. The molecule has 0 radical (unpaired) electrons. The molecule has 3 aromatic rings. The fourth-order valence-corrected chi connectivity index (χ4v) is 4.38. The lowest BCUT2D eigenvalue weighted by molar-refractivity contribution is 0.123. The van der Waals surface area contributed by atoms with Crippen LogP contribution >= 0.6 is 11.6 Å². The molecule has 4 rings (SSSR count). The Morgan fingerprint density at radius 3 is 2.64 bits per heavy atom. The Labute approximate surface area is 166 Å². The largest absolute Gasteiger partial charge is 0.378 e. The highest BCUT2D eigenvalue weighted by Gasteiger charge is 2.22. The van der Waals surface area contributed by atoms with Crippen LogP contribution in [0.25, 0.3) is 5.69 Å². The monoisotopic (exact) mass is 420 g/mol. The van der Waals surface area contributed by atoms with Crippen LogP contribution in [0.15, 0.2) is 53.7 Å². The van der Waals surface area contributed by atoms with Gasteiger partial charge in [-0.2, -0.15) is 0 Å². The zero-order valence-electron chi connectivity index (χ0n) is 14.7.